The van der Waals surface area contributed by atoms with Gasteiger partial charge in [0.2, 0.25) is 0 Å². The van der Waals surface area contributed by atoms with Crippen molar-refractivity contribution in [1.29, 1.82) is 0 Å². The summed E-state index contributed by atoms with van der Waals surface area (Å²) in [4.78, 5) is 37.9. The average molecular weight is 873 g/mol. The molecular weight excluding hydrogens is 781 g/mol. The van der Waals surface area contributed by atoms with Crippen molar-refractivity contribution in [2.45, 2.75) is 219 Å². The fraction of sp³-hybridized carbons (Fsp3) is 0.632. The Bertz CT molecular complexity index is 1330. The molecule has 1 atom stereocenters. The molecule has 0 bridgehead atoms. The maximum absolute atomic E-state index is 12.8. The Kier molecular flexibility index (Phi) is 47.5. The van der Waals surface area contributed by atoms with Crippen molar-refractivity contribution in [3.63, 3.8) is 0 Å². The number of rotatable bonds is 44. The van der Waals surface area contributed by atoms with Crippen LogP contribution in [0.1, 0.15) is 213 Å². The molecule has 6 heteroatoms. The molecule has 0 fully saturated rings. The van der Waals surface area contributed by atoms with Crippen molar-refractivity contribution in [3.05, 3.63) is 109 Å². The lowest BCUT2D eigenvalue weighted by Crippen LogP contribution is -2.30. The SMILES string of the molecule is CC/C=C\C/C=C\C/C=C\C/C=C\CCCCCC(=O)OC(COC(=O)CCCC/C=C\C/C=C\C/C=C\CC)COC(=O)CCCCCCCCC/C=C\C/C=C\CCCCC. The second-order valence-corrected chi connectivity index (χ2v) is 16.3. The van der Waals surface area contributed by atoms with Gasteiger partial charge in [0.05, 0.1) is 0 Å². The van der Waals surface area contributed by atoms with Crippen LogP contribution >= 0.6 is 0 Å². The van der Waals surface area contributed by atoms with Crippen molar-refractivity contribution in [1.82, 2.24) is 0 Å². The summed E-state index contributed by atoms with van der Waals surface area (Å²) in [5.41, 5.74) is 0. The Labute approximate surface area is 387 Å². The van der Waals surface area contributed by atoms with Gasteiger partial charge in [-0.1, -0.05) is 182 Å². The molecule has 0 radical (unpaired) electrons. The molecule has 0 aromatic carbocycles. The van der Waals surface area contributed by atoms with Crippen LogP contribution in [0.5, 0.6) is 0 Å². The van der Waals surface area contributed by atoms with Gasteiger partial charge in [0.25, 0.3) is 0 Å². The van der Waals surface area contributed by atoms with Crippen LogP contribution in [-0.4, -0.2) is 37.2 Å². The van der Waals surface area contributed by atoms with E-state index in [-0.39, 0.29) is 37.5 Å². The van der Waals surface area contributed by atoms with Crippen molar-refractivity contribution in [2.75, 3.05) is 13.2 Å². The van der Waals surface area contributed by atoms with Gasteiger partial charge in [-0.05, 0) is 122 Å². The molecule has 0 aromatic heterocycles. The Morgan fingerprint density at radius 2 is 0.619 bits per heavy atom. The Balaban J connectivity index is 4.50. The molecule has 0 saturated carbocycles. The zero-order valence-corrected chi connectivity index (χ0v) is 40.5. The Morgan fingerprint density at radius 1 is 0.333 bits per heavy atom. The van der Waals surface area contributed by atoms with E-state index >= 15 is 0 Å². The molecule has 0 aliphatic carbocycles. The highest BCUT2D eigenvalue weighted by molar-refractivity contribution is 5.71. The van der Waals surface area contributed by atoms with E-state index in [1.807, 2.05) is 0 Å². The predicted molar refractivity (Wildman–Crippen MR) is 270 cm³/mol. The van der Waals surface area contributed by atoms with E-state index < -0.39 is 6.10 Å². The van der Waals surface area contributed by atoms with Gasteiger partial charge in [0, 0.05) is 19.3 Å². The van der Waals surface area contributed by atoms with Gasteiger partial charge in [-0.2, -0.15) is 0 Å². The van der Waals surface area contributed by atoms with E-state index in [4.69, 9.17) is 14.2 Å². The Morgan fingerprint density at radius 3 is 1.02 bits per heavy atom. The highest BCUT2D eigenvalue weighted by atomic mass is 16.6. The summed E-state index contributed by atoms with van der Waals surface area (Å²) in [5.74, 6) is -0.996. The molecule has 356 valence electrons. The third-order valence-corrected chi connectivity index (χ3v) is 10.2. The largest absolute Gasteiger partial charge is 0.462 e. The smallest absolute Gasteiger partial charge is 0.306 e. The summed E-state index contributed by atoms with van der Waals surface area (Å²) < 4.78 is 16.7. The van der Waals surface area contributed by atoms with Gasteiger partial charge in [-0.3, -0.25) is 14.4 Å². The standard InChI is InChI=1S/C57H92O6/c1-4-7-10-13-16-19-22-25-27-29-31-32-35-38-41-44-47-50-56(59)62-53-54(52-61-55(58)49-46-43-40-37-34-24-21-18-15-12-9-6-3)63-57(60)51-48-45-42-39-36-33-30-28-26-23-20-17-14-11-8-5-2/h8-9,11-12,16-21,25-28,33-34,36-37,54H,4-7,10,13-15,22-24,29-32,35,38-53H2,1-3H3/b11-8-,12-9-,19-16-,20-17-,21-18-,27-25-,28-26-,36-33-,37-34-. The van der Waals surface area contributed by atoms with Crippen LogP contribution in [0.2, 0.25) is 0 Å². The number of hydrogen-bond acceptors (Lipinski definition) is 6. The lowest BCUT2D eigenvalue weighted by Gasteiger charge is -2.18. The topological polar surface area (TPSA) is 78.9 Å². The quantitative estimate of drug-likeness (QED) is 0.0263. The van der Waals surface area contributed by atoms with Crippen LogP contribution in [0.15, 0.2) is 109 Å². The van der Waals surface area contributed by atoms with E-state index in [1.165, 1.54) is 51.4 Å². The van der Waals surface area contributed by atoms with Gasteiger partial charge in [-0.25, -0.2) is 0 Å². The van der Waals surface area contributed by atoms with Crippen LogP contribution in [0, 0.1) is 0 Å². The number of carbonyl (C=O) groups excluding carboxylic acids is 3. The molecule has 1 unspecified atom stereocenters. The molecule has 6 nitrogen and oxygen atoms in total. The first-order chi connectivity index (χ1) is 31.0. The first kappa shape index (κ1) is 59.1. The van der Waals surface area contributed by atoms with Crippen molar-refractivity contribution >= 4 is 17.9 Å². The van der Waals surface area contributed by atoms with Crippen LogP contribution in [-0.2, 0) is 28.6 Å². The fourth-order valence-corrected chi connectivity index (χ4v) is 6.48. The van der Waals surface area contributed by atoms with Crippen LogP contribution in [0.25, 0.3) is 0 Å². The molecule has 0 saturated heterocycles. The summed E-state index contributed by atoms with van der Waals surface area (Å²) in [6.07, 6.45) is 67.9. The minimum Gasteiger partial charge on any atom is -0.462 e. The van der Waals surface area contributed by atoms with Gasteiger partial charge >= 0.3 is 17.9 Å². The maximum Gasteiger partial charge on any atom is 0.306 e. The van der Waals surface area contributed by atoms with Crippen molar-refractivity contribution in [2.24, 2.45) is 0 Å². The third kappa shape index (κ3) is 49.0. The second-order valence-electron chi connectivity index (χ2n) is 16.3. The lowest BCUT2D eigenvalue weighted by molar-refractivity contribution is -0.167. The molecule has 63 heavy (non-hydrogen) atoms. The average Bonchev–Trinajstić information content (AvgIpc) is 3.28. The molecule has 0 aliphatic rings. The normalized spacial score (nSPS) is 13.0. The van der Waals surface area contributed by atoms with Gasteiger partial charge in [0.1, 0.15) is 13.2 Å². The van der Waals surface area contributed by atoms with E-state index in [1.54, 1.807) is 0 Å². The first-order valence-corrected chi connectivity index (χ1v) is 25.4. The van der Waals surface area contributed by atoms with Gasteiger partial charge in [-0.15, -0.1) is 0 Å². The zero-order chi connectivity index (χ0) is 45.8. The number of hydrogen-bond donors (Lipinski definition) is 0. The number of allylic oxidation sites excluding steroid dienone is 18. The highest BCUT2D eigenvalue weighted by Crippen LogP contribution is 2.13. The van der Waals surface area contributed by atoms with Crippen LogP contribution in [0.3, 0.4) is 0 Å². The summed E-state index contributed by atoms with van der Waals surface area (Å²) in [5, 5.41) is 0. The first-order valence-electron chi connectivity index (χ1n) is 25.4. The second kappa shape index (κ2) is 50.7. The Hall–Kier alpha value is -3.93. The fourth-order valence-electron chi connectivity index (χ4n) is 6.48. The minimum absolute atomic E-state index is 0.110. The monoisotopic (exact) mass is 873 g/mol. The van der Waals surface area contributed by atoms with Gasteiger partial charge in [0.15, 0.2) is 6.10 Å². The van der Waals surface area contributed by atoms with E-state index in [9.17, 15) is 14.4 Å². The van der Waals surface area contributed by atoms with Gasteiger partial charge < -0.3 is 14.2 Å². The number of unbranched alkanes of at least 4 members (excludes halogenated alkanes) is 15. The highest BCUT2D eigenvalue weighted by Gasteiger charge is 2.19. The predicted octanol–water partition coefficient (Wildman–Crippen LogP) is 16.8. The molecule has 0 aliphatic heterocycles. The molecule has 0 N–H and O–H groups in total. The van der Waals surface area contributed by atoms with E-state index in [0.717, 1.165) is 116 Å². The molecule has 0 spiro atoms. The minimum atomic E-state index is -0.815. The summed E-state index contributed by atoms with van der Waals surface area (Å²) in [7, 11) is 0. The van der Waals surface area contributed by atoms with E-state index in [2.05, 4.69) is 130 Å². The van der Waals surface area contributed by atoms with Crippen LogP contribution in [0.4, 0.5) is 0 Å². The molecule has 0 aromatic rings. The van der Waals surface area contributed by atoms with E-state index in [0.29, 0.717) is 19.3 Å². The number of esters is 3. The van der Waals surface area contributed by atoms with Crippen LogP contribution < -0.4 is 0 Å². The number of ether oxygens (including phenoxy) is 3. The third-order valence-electron chi connectivity index (χ3n) is 10.2. The summed E-state index contributed by atoms with van der Waals surface area (Å²) in [6.45, 7) is 6.30. The maximum atomic E-state index is 12.8. The molecule has 0 amide bonds. The number of carbonyl (C=O) groups is 3. The van der Waals surface area contributed by atoms with Crippen molar-refractivity contribution < 1.29 is 28.6 Å². The zero-order valence-electron chi connectivity index (χ0n) is 40.5. The lowest BCUT2D eigenvalue weighted by atomic mass is 10.1. The summed E-state index contributed by atoms with van der Waals surface area (Å²) in [6, 6.07) is 0. The summed E-state index contributed by atoms with van der Waals surface area (Å²) >= 11 is 0. The van der Waals surface area contributed by atoms with Crippen molar-refractivity contribution in [3.8, 4) is 0 Å². The molecular formula is C57H92O6. The molecule has 0 heterocycles. The molecule has 0 rings (SSSR count).